The molecule has 0 saturated heterocycles. The van der Waals surface area contributed by atoms with E-state index in [9.17, 15) is 4.39 Å². The molecule has 0 heterocycles. The monoisotopic (exact) mass is 248 g/mol. The molecule has 1 fully saturated rings. The quantitative estimate of drug-likeness (QED) is 0.776. The predicted octanol–water partition coefficient (Wildman–Crippen LogP) is 2.71. The van der Waals surface area contributed by atoms with Crippen molar-refractivity contribution in [1.29, 1.82) is 5.26 Å². The molecule has 4 heteroatoms. The minimum atomic E-state index is -0.239. The van der Waals surface area contributed by atoms with E-state index in [1.165, 1.54) is 13.2 Å². The van der Waals surface area contributed by atoms with Gasteiger partial charge in [-0.2, -0.15) is 5.26 Å². The Hall–Kier alpha value is -1.60. The molecule has 0 N–H and O–H groups in total. The van der Waals surface area contributed by atoms with Gasteiger partial charge in [0.1, 0.15) is 11.6 Å². The maximum absolute atomic E-state index is 13.8. The second-order valence-electron chi connectivity index (χ2n) is 4.57. The van der Waals surface area contributed by atoms with Gasteiger partial charge >= 0.3 is 0 Å². The topological polar surface area (TPSA) is 36.3 Å². The fraction of sp³-hybridized carbons (Fsp3) is 0.500. The first-order chi connectivity index (χ1) is 8.74. The third-order valence-electron chi connectivity index (χ3n) is 3.21. The number of ether oxygens (including phenoxy) is 1. The Morgan fingerprint density at radius 3 is 2.83 bits per heavy atom. The van der Waals surface area contributed by atoms with Crippen molar-refractivity contribution >= 4 is 0 Å². The Morgan fingerprint density at radius 1 is 1.50 bits per heavy atom. The van der Waals surface area contributed by atoms with Crippen LogP contribution in [0.2, 0.25) is 0 Å². The van der Waals surface area contributed by atoms with E-state index in [2.05, 4.69) is 11.0 Å². The lowest BCUT2D eigenvalue weighted by Gasteiger charge is -2.21. The van der Waals surface area contributed by atoms with Crippen LogP contribution in [0.4, 0.5) is 4.39 Å². The van der Waals surface area contributed by atoms with Crippen LogP contribution in [-0.2, 0) is 6.54 Å². The van der Waals surface area contributed by atoms with Crippen LogP contribution in [0.3, 0.4) is 0 Å². The van der Waals surface area contributed by atoms with Crippen LogP contribution in [-0.4, -0.2) is 24.6 Å². The zero-order valence-electron chi connectivity index (χ0n) is 10.5. The Bertz CT molecular complexity index is 452. The Morgan fingerprint density at radius 2 is 2.28 bits per heavy atom. The zero-order valence-corrected chi connectivity index (χ0v) is 10.5. The third kappa shape index (κ3) is 3.21. The minimum Gasteiger partial charge on any atom is -0.497 e. The number of nitriles is 1. The largest absolute Gasteiger partial charge is 0.497 e. The van der Waals surface area contributed by atoms with Crippen molar-refractivity contribution in [3.8, 4) is 11.8 Å². The molecular formula is C14H17FN2O. The van der Waals surface area contributed by atoms with Crippen molar-refractivity contribution < 1.29 is 9.13 Å². The van der Waals surface area contributed by atoms with Gasteiger partial charge in [0.15, 0.2) is 0 Å². The molecule has 96 valence electrons. The number of methoxy groups -OCH3 is 1. The standard InChI is InChI=1S/C14H17FN2O/c1-18-13-6-3-11(14(15)9-13)10-17(8-2-7-16)12-4-5-12/h3,6,9,12H,2,4-5,8,10H2,1H3. The van der Waals surface area contributed by atoms with Gasteiger partial charge in [0.2, 0.25) is 0 Å². The summed E-state index contributed by atoms with van der Waals surface area (Å²) in [6.07, 6.45) is 2.81. The first kappa shape index (κ1) is 12.8. The van der Waals surface area contributed by atoms with Gasteiger partial charge in [-0.25, -0.2) is 4.39 Å². The van der Waals surface area contributed by atoms with Gasteiger partial charge in [0.05, 0.1) is 13.2 Å². The van der Waals surface area contributed by atoms with E-state index in [1.807, 2.05) is 0 Å². The average Bonchev–Trinajstić information content (AvgIpc) is 3.20. The van der Waals surface area contributed by atoms with E-state index < -0.39 is 0 Å². The highest BCUT2D eigenvalue weighted by atomic mass is 19.1. The number of benzene rings is 1. The van der Waals surface area contributed by atoms with Crippen molar-refractivity contribution in [3.05, 3.63) is 29.6 Å². The first-order valence-corrected chi connectivity index (χ1v) is 6.18. The van der Waals surface area contributed by atoms with E-state index in [-0.39, 0.29) is 5.82 Å². The van der Waals surface area contributed by atoms with E-state index in [0.717, 1.165) is 12.8 Å². The minimum absolute atomic E-state index is 0.239. The Balaban J connectivity index is 2.04. The second kappa shape index (κ2) is 5.83. The summed E-state index contributed by atoms with van der Waals surface area (Å²) in [4.78, 5) is 2.19. The van der Waals surface area contributed by atoms with Crippen molar-refractivity contribution in [2.24, 2.45) is 0 Å². The van der Waals surface area contributed by atoms with Crippen LogP contribution in [0, 0.1) is 17.1 Å². The molecular weight excluding hydrogens is 231 g/mol. The van der Waals surface area contributed by atoms with E-state index in [0.29, 0.717) is 36.9 Å². The maximum Gasteiger partial charge on any atom is 0.131 e. The van der Waals surface area contributed by atoms with Gasteiger partial charge in [0.25, 0.3) is 0 Å². The van der Waals surface area contributed by atoms with Gasteiger partial charge in [-0.1, -0.05) is 6.07 Å². The van der Waals surface area contributed by atoms with Crippen LogP contribution >= 0.6 is 0 Å². The Kier molecular flexibility index (Phi) is 4.16. The molecule has 0 radical (unpaired) electrons. The molecule has 0 spiro atoms. The van der Waals surface area contributed by atoms with Crippen molar-refractivity contribution in [1.82, 2.24) is 4.90 Å². The van der Waals surface area contributed by atoms with Crippen LogP contribution in [0.15, 0.2) is 18.2 Å². The summed E-state index contributed by atoms with van der Waals surface area (Å²) in [5.41, 5.74) is 0.667. The summed E-state index contributed by atoms with van der Waals surface area (Å²) < 4.78 is 18.8. The molecule has 0 amide bonds. The predicted molar refractivity (Wildman–Crippen MR) is 66.6 cm³/mol. The molecule has 1 saturated carbocycles. The van der Waals surface area contributed by atoms with Crippen LogP contribution in [0.25, 0.3) is 0 Å². The molecule has 0 bridgehead atoms. The van der Waals surface area contributed by atoms with Crippen molar-refractivity contribution in [2.75, 3.05) is 13.7 Å². The van der Waals surface area contributed by atoms with Crippen molar-refractivity contribution in [3.63, 3.8) is 0 Å². The highest BCUT2D eigenvalue weighted by Crippen LogP contribution is 2.29. The highest BCUT2D eigenvalue weighted by Gasteiger charge is 2.29. The molecule has 0 unspecified atom stereocenters. The molecule has 1 aromatic carbocycles. The summed E-state index contributed by atoms with van der Waals surface area (Å²) in [5.74, 6) is 0.295. The van der Waals surface area contributed by atoms with Gasteiger partial charge in [-0.15, -0.1) is 0 Å². The van der Waals surface area contributed by atoms with Gasteiger partial charge in [0, 0.05) is 37.2 Å². The fourth-order valence-electron chi connectivity index (χ4n) is 2.03. The van der Waals surface area contributed by atoms with E-state index >= 15 is 0 Å². The molecule has 2 rings (SSSR count). The smallest absolute Gasteiger partial charge is 0.131 e. The summed E-state index contributed by atoms with van der Waals surface area (Å²) in [6, 6.07) is 7.61. The fourth-order valence-corrected chi connectivity index (χ4v) is 2.03. The molecule has 1 aromatic rings. The third-order valence-corrected chi connectivity index (χ3v) is 3.21. The highest BCUT2D eigenvalue weighted by molar-refractivity contribution is 5.29. The molecule has 0 aromatic heterocycles. The normalized spacial score (nSPS) is 14.6. The lowest BCUT2D eigenvalue weighted by Crippen LogP contribution is -2.27. The molecule has 1 aliphatic rings. The zero-order chi connectivity index (χ0) is 13.0. The van der Waals surface area contributed by atoms with Gasteiger partial charge in [-0.05, 0) is 18.9 Å². The maximum atomic E-state index is 13.8. The van der Waals surface area contributed by atoms with Crippen molar-refractivity contribution in [2.45, 2.75) is 31.8 Å². The molecule has 0 atom stereocenters. The van der Waals surface area contributed by atoms with E-state index in [4.69, 9.17) is 10.00 Å². The lowest BCUT2D eigenvalue weighted by atomic mass is 10.2. The number of rotatable bonds is 6. The molecule has 18 heavy (non-hydrogen) atoms. The van der Waals surface area contributed by atoms with Crippen LogP contribution in [0.5, 0.6) is 5.75 Å². The number of nitrogens with zero attached hydrogens (tertiary/aromatic N) is 2. The summed E-state index contributed by atoms with van der Waals surface area (Å²) >= 11 is 0. The summed E-state index contributed by atoms with van der Waals surface area (Å²) in [5, 5.41) is 8.64. The van der Waals surface area contributed by atoms with Gasteiger partial charge < -0.3 is 4.74 Å². The average molecular weight is 248 g/mol. The number of hydrogen-bond acceptors (Lipinski definition) is 3. The molecule has 0 aliphatic heterocycles. The van der Waals surface area contributed by atoms with Crippen LogP contribution in [0.1, 0.15) is 24.8 Å². The number of hydrogen-bond donors (Lipinski definition) is 0. The lowest BCUT2D eigenvalue weighted by molar-refractivity contribution is 0.257. The second-order valence-corrected chi connectivity index (χ2v) is 4.57. The molecule has 1 aliphatic carbocycles. The first-order valence-electron chi connectivity index (χ1n) is 6.18. The molecule has 3 nitrogen and oxygen atoms in total. The SMILES string of the molecule is COc1ccc(CN(CCC#N)C2CC2)c(F)c1. The number of halogens is 1. The van der Waals surface area contributed by atoms with Crippen LogP contribution < -0.4 is 4.74 Å². The Labute approximate surface area is 107 Å². The summed E-state index contributed by atoms with van der Waals surface area (Å²) in [6.45, 7) is 1.29. The summed E-state index contributed by atoms with van der Waals surface area (Å²) in [7, 11) is 1.53. The van der Waals surface area contributed by atoms with Gasteiger partial charge in [-0.3, -0.25) is 4.90 Å². The van der Waals surface area contributed by atoms with E-state index in [1.54, 1.807) is 12.1 Å².